The predicted octanol–water partition coefficient (Wildman–Crippen LogP) is 2.62. The molecule has 0 unspecified atom stereocenters. The first-order valence-electron chi connectivity index (χ1n) is 10.5. The number of nitrogens with one attached hydrogen (secondary N) is 2. The zero-order chi connectivity index (χ0) is 22.4. The summed E-state index contributed by atoms with van der Waals surface area (Å²) in [5, 5.41) is 6.44. The van der Waals surface area contributed by atoms with Crippen molar-refractivity contribution in [1.29, 1.82) is 0 Å². The third kappa shape index (κ3) is 3.40. The molecule has 1 fully saturated rings. The molecule has 0 radical (unpaired) electrons. The zero-order valence-corrected chi connectivity index (χ0v) is 18.2. The lowest BCUT2D eigenvalue weighted by Crippen LogP contribution is -2.43. The van der Waals surface area contributed by atoms with Crippen LogP contribution in [0.4, 0.5) is 5.88 Å². The van der Waals surface area contributed by atoms with Crippen molar-refractivity contribution in [1.82, 2.24) is 25.3 Å². The van der Waals surface area contributed by atoms with Gasteiger partial charge in [0.2, 0.25) is 5.43 Å². The molecule has 164 valence electrons. The molecule has 1 aliphatic heterocycles. The SMILES string of the molecule is O=c1[nH]cc(-c2ncnc(-c3csc4c(=O)cc(N5CCNCC5)oc34)n2)c2ccccc12. The number of aromatic amines is 1. The largest absolute Gasteiger partial charge is 0.439 e. The lowest BCUT2D eigenvalue weighted by atomic mass is 10.1. The van der Waals surface area contributed by atoms with Crippen LogP contribution in [0.2, 0.25) is 0 Å². The second-order valence-electron chi connectivity index (χ2n) is 7.70. The van der Waals surface area contributed by atoms with Crippen LogP contribution in [0.15, 0.2) is 62.2 Å². The molecule has 6 rings (SSSR count). The number of hydrogen-bond donors (Lipinski definition) is 2. The quantitative estimate of drug-likeness (QED) is 0.424. The Morgan fingerprint density at radius 3 is 2.58 bits per heavy atom. The van der Waals surface area contributed by atoms with E-state index in [9.17, 15) is 9.59 Å². The van der Waals surface area contributed by atoms with E-state index in [0.29, 0.717) is 44.3 Å². The normalized spacial score (nSPS) is 14.2. The average molecular weight is 459 g/mol. The number of thiophene rings is 1. The number of H-pyrrole nitrogens is 1. The minimum atomic E-state index is -0.172. The summed E-state index contributed by atoms with van der Waals surface area (Å²) >= 11 is 1.31. The number of piperazine rings is 1. The van der Waals surface area contributed by atoms with E-state index >= 15 is 0 Å². The van der Waals surface area contributed by atoms with Crippen LogP contribution in [0.3, 0.4) is 0 Å². The van der Waals surface area contributed by atoms with E-state index in [4.69, 9.17) is 4.42 Å². The minimum Gasteiger partial charge on any atom is -0.439 e. The van der Waals surface area contributed by atoms with Crippen molar-refractivity contribution in [3.63, 3.8) is 0 Å². The molecule has 0 saturated carbocycles. The maximum atomic E-state index is 12.8. The Morgan fingerprint density at radius 1 is 1.00 bits per heavy atom. The van der Waals surface area contributed by atoms with Crippen molar-refractivity contribution in [2.75, 3.05) is 31.1 Å². The van der Waals surface area contributed by atoms with E-state index in [-0.39, 0.29) is 11.0 Å². The lowest BCUT2D eigenvalue weighted by molar-refractivity contribution is 0.522. The third-order valence-corrected chi connectivity index (χ3v) is 6.70. The van der Waals surface area contributed by atoms with Crippen molar-refractivity contribution in [3.05, 3.63) is 68.8 Å². The van der Waals surface area contributed by atoms with Crippen molar-refractivity contribution >= 4 is 38.3 Å². The number of anilines is 1. The van der Waals surface area contributed by atoms with Crippen LogP contribution in [0.5, 0.6) is 0 Å². The first-order chi connectivity index (χ1) is 16.2. The molecule has 10 heteroatoms. The topological polar surface area (TPSA) is 117 Å². The molecule has 0 spiro atoms. The average Bonchev–Trinajstić information content (AvgIpc) is 3.30. The maximum absolute atomic E-state index is 12.8. The fourth-order valence-electron chi connectivity index (χ4n) is 4.08. The monoisotopic (exact) mass is 458 g/mol. The molecule has 0 bridgehead atoms. The van der Waals surface area contributed by atoms with E-state index in [1.807, 2.05) is 23.6 Å². The Kier molecular flexibility index (Phi) is 4.74. The summed E-state index contributed by atoms with van der Waals surface area (Å²) in [6, 6.07) is 8.86. The van der Waals surface area contributed by atoms with E-state index < -0.39 is 0 Å². The summed E-state index contributed by atoms with van der Waals surface area (Å²) in [6.45, 7) is 3.20. The van der Waals surface area contributed by atoms with Gasteiger partial charge >= 0.3 is 0 Å². The molecule has 33 heavy (non-hydrogen) atoms. The molecule has 0 amide bonds. The van der Waals surface area contributed by atoms with Gasteiger partial charge in [-0.3, -0.25) is 9.59 Å². The summed E-state index contributed by atoms with van der Waals surface area (Å²) in [5.41, 5.74) is 1.55. The second-order valence-corrected chi connectivity index (χ2v) is 8.58. The van der Waals surface area contributed by atoms with E-state index in [1.54, 1.807) is 18.3 Å². The van der Waals surface area contributed by atoms with Crippen LogP contribution >= 0.6 is 11.3 Å². The molecule has 1 aromatic carbocycles. The highest BCUT2D eigenvalue weighted by molar-refractivity contribution is 7.17. The minimum absolute atomic E-state index is 0.0815. The standard InChI is InChI=1S/C23H18N6O3S/c30-17-9-18(29-7-5-24-6-8-29)32-19-16(11-33-20(17)19)22-27-12-26-21(28-22)15-10-25-23(31)14-4-2-1-3-13(14)15/h1-4,9-12,24H,5-8H2,(H,25,31). The van der Waals surface area contributed by atoms with Crippen molar-refractivity contribution in [3.8, 4) is 22.8 Å². The number of nitrogens with zero attached hydrogens (tertiary/aromatic N) is 4. The molecule has 1 aliphatic rings. The van der Waals surface area contributed by atoms with Gasteiger partial charge in [-0.25, -0.2) is 15.0 Å². The molecule has 5 aromatic rings. The van der Waals surface area contributed by atoms with Crippen molar-refractivity contribution in [2.45, 2.75) is 0 Å². The van der Waals surface area contributed by atoms with Gasteiger partial charge in [-0.1, -0.05) is 18.2 Å². The maximum Gasteiger partial charge on any atom is 0.255 e. The summed E-state index contributed by atoms with van der Waals surface area (Å²) in [6.07, 6.45) is 3.04. The number of hydrogen-bond acceptors (Lipinski definition) is 9. The Labute approximate surface area is 190 Å². The predicted molar refractivity (Wildman–Crippen MR) is 128 cm³/mol. The lowest BCUT2D eigenvalue weighted by Gasteiger charge is -2.27. The molecule has 1 saturated heterocycles. The van der Waals surface area contributed by atoms with Crippen molar-refractivity contribution < 1.29 is 4.42 Å². The first kappa shape index (κ1) is 19.8. The third-order valence-electron chi connectivity index (χ3n) is 5.72. The number of rotatable bonds is 3. The van der Waals surface area contributed by atoms with Gasteiger partial charge in [-0.2, -0.15) is 0 Å². The first-order valence-corrected chi connectivity index (χ1v) is 11.4. The second kappa shape index (κ2) is 7.91. The van der Waals surface area contributed by atoms with Crippen LogP contribution in [0, 0.1) is 0 Å². The van der Waals surface area contributed by atoms with Gasteiger partial charge < -0.3 is 19.6 Å². The van der Waals surface area contributed by atoms with Gasteiger partial charge in [0, 0.05) is 54.8 Å². The highest BCUT2D eigenvalue weighted by Crippen LogP contribution is 2.33. The van der Waals surface area contributed by atoms with Gasteiger partial charge in [0.25, 0.3) is 5.56 Å². The van der Waals surface area contributed by atoms with Gasteiger partial charge in [0.05, 0.1) is 5.56 Å². The molecule has 0 atom stereocenters. The van der Waals surface area contributed by atoms with E-state index in [1.165, 1.54) is 17.7 Å². The summed E-state index contributed by atoms with van der Waals surface area (Å²) in [7, 11) is 0. The van der Waals surface area contributed by atoms with Crippen molar-refractivity contribution in [2.24, 2.45) is 0 Å². The van der Waals surface area contributed by atoms with Crippen LogP contribution in [-0.2, 0) is 0 Å². The summed E-state index contributed by atoms with van der Waals surface area (Å²) < 4.78 is 6.73. The Balaban J connectivity index is 1.49. The van der Waals surface area contributed by atoms with E-state index in [2.05, 4.69) is 30.2 Å². The number of pyridine rings is 1. The smallest absolute Gasteiger partial charge is 0.255 e. The highest BCUT2D eigenvalue weighted by Gasteiger charge is 2.20. The number of aromatic nitrogens is 4. The Bertz CT molecular complexity index is 1620. The fraction of sp³-hybridized carbons (Fsp3) is 0.174. The van der Waals surface area contributed by atoms with Gasteiger partial charge in [-0.05, 0) is 11.5 Å². The van der Waals surface area contributed by atoms with E-state index in [0.717, 1.165) is 31.6 Å². The molecular weight excluding hydrogens is 440 g/mol. The van der Waals surface area contributed by atoms with Crippen LogP contribution < -0.4 is 21.2 Å². The van der Waals surface area contributed by atoms with Crippen LogP contribution in [0.1, 0.15) is 0 Å². The van der Waals surface area contributed by atoms with Gasteiger partial charge in [0.15, 0.2) is 23.1 Å². The molecule has 5 heterocycles. The number of benzene rings is 1. The fourth-order valence-corrected chi connectivity index (χ4v) is 4.96. The molecule has 4 aromatic heterocycles. The summed E-state index contributed by atoms with van der Waals surface area (Å²) in [4.78, 5) is 43.1. The zero-order valence-electron chi connectivity index (χ0n) is 17.4. The molecule has 2 N–H and O–H groups in total. The highest BCUT2D eigenvalue weighted by atomic mass is 32.1. The number of fused-ring (bicyclic) bond motifs is 2. The molecule has 9 nitrogen and oxygen atoms in total. The molecular formula is C23H18N6O3S. The van der Waals surface area contributed by atoms with Crippen LogP contribution in [-0.4, -0.2) is 46.1 Å². The molecule has 0 aliphatic carbocycles. The van der Waals surface area contributed by atoms with Gasteiger partial charge in [0.1, 0.15) is 11.0 Å². The van der Waals surface area contributed by atoms with Crippen LogP contribution in [0.25, 0.3) is 43.8 Å². The Hall–Kier alpha value is -3.89. The van der Waals surface area contributed by atoms with Gasteiger partial charge in [-0.15, -0.1) is 11.3 Å². The Morgan fingerprint density at radius 2 is 1.76 bits per heavy atom. The summed E-state index contributed by atoms with van der Waals surface area (Å²) in [5.74, 6) is 1.38.